The second-order valence-corrected chi connectivity index (χ2v) is 6.75. The van der Waals surface area contributed by atoms with Crippen molar-refractivity contribution in [1.29, 1.82) is 0 Å². The minimum absolute atomic E-state index is 0.172. The molecule has 0 radical (unpaired) electrons. The van der Waals surface area contributed by atoms with E-state index in [1.54, 1.807) is 48.5 Å². The van der Waals surface area contributed by atoms with Crippen molar-refractivity contribution in [2.24, 2.45) is 5.73 Å². The quantitative estimate of drug-likeness (QED) is 0.543. The van der Waals surface area contributed by atoms with Crippen molar-refractivity contribution in [3.05, 3.63) is 64.6 Å². The summed E-state index contributed by atoms with van der Waals surface area (Å²) >= 11 is 0. The minimum atomic E-state index is -0.360. The summed E-state index contributed by atoms with van der Waals surface area (Å²) in [6, 6.07) is 14.1. The summed E-state index contributed by atoms with van der Waals surface area (Å²) in [7, 11) is 0. The maximum Gasteiger partial charge on any atom is 0.276 e. The molecular weight excluding hydrogens is 368 g/mol. The van der Waals surface area contributed by atoms with E-state index in [1.165, 1.54) is 4.68 Å². The number of aryl methyl sites for hydroxylation is 1. The van der Waals surface area contributed by atoms with Crippen LogP contribution in [-0.4, -0.2) is 28.8 Å². The van der Waals surface area contributed by atoms with E-state index < -0.39 is 0 Å². The van der Waals surface area contributed by atoms with Crippen LogP contribution in [0.1, 0.15) is 36.7 Å². The largest absolute Gasteiger partial charge is 0.492 e. The maximum atomic E-state index is 12.9. The first-order valence-electron chi connectivity index (χ1n) is 9.88. The van der Waals surface area contributed by atoms with E-state index in [1.807, 2.05) is 0 Å². The standard InChI is InChI=1S/C22H26N4O3/c1-2-3-6-14-26-22(28)19-8-5-4-7-18(19)20(25-26)21(27)24-16-9-11-17(12-10-16)29-15-13-23/h4-5,7-12H,2-3,6,13-15,23H2,1H3,(H,24,27). The van der Waals surface area contributed by atoms with Gasteiger partial charge in [-0.25, -0.2) is 4.68 Å². The van der Waals surface area contributed by atoms with Gasteiger partial charge in [-0.3, -0.25) is 9.59 Å². The zero-order valence-electron chi connectivity index (χ0n) is 16.6. The van der Waals surface area contributed by atoms with Crippen molar-refractivity contribution in [3.63, 3.8) is 0 Å². The van der Waals surface area contributed by atoms with Gasteiger partial charge in [0.25, 0.3) is 11.5 Å². The molecule has 0 atom stereocenters. The van der Waals surface area contributed by atoms with Crippen molar-refractivity contribution in [1.82, 2.24) is 9.78 Å². The number of hydrogen-bond acceptors (Lipinski definition) is 5. The lowest BCUT2D eigenvalue weighted by Crippen LogP contribution is -2.27. The van der Waals surface area contributed by atoms with E-state index >= 15 is 0 Å². The van der Waals surface area contributed by atoms with Crippen LogP contribution in [0.15, 0.2) is 53.3 Å². The first kappa shape index (κ1) is 20.5. The molecule has 0 aliphatic carbocycles. The fraction of sp³-hybridized carbons (Fsp3) is 0.318. The summed E-state index contributed by atoms with van der Waals surface area (Å²) in [4.78, 5) is 25.7. The highest BCUT2D eigenvalue weighted by Crippen LogP contribution is 2.18. The number of rotatable bonds is 9. The predicted molar refractivity (Wildman–Crippen MR) is 114 cm³/mol. The molecule has 3 N–H and O–H groups in total. The molecule has 7 heteroatoms. The number of hydrogen-bond donors (Lipinski definition) is 2. The van der Waals surface area contributed by atoms with Crippen LogP contribution >= 0.6 is 0 Å². The topological polar surface area (TPSA) is 99.2 Å². The van der Waals surface area contributed by atoms with Gasteiger partial charge in [0.15, 0.2) is 5.69 Å². The molecule has 3 aromatic rings. The smallest absolute Gasteiger partial charge is 0.276 e. The number of carbonyl (C=O) groups excluding carboxylic acids is 1. The van der Waals surface area contributed by atoms with Gasteiger partial charge < -0.3 is 15.8 Å². The zero-order valence-corrected chi connectivity index (χ0v) is 16.6. The first-order valence-corrected chi connectivity index (χ1v) is 9.88. The SMILES string of the molecule is CCCCCn1nc(C(=O)Nc2ccc(OCCN)cc2)c2ccccc2c1=O. The molecule has 3 rings (SSSR count). The van der Waals surface area contributed by atoms with Crippen LogP contribution in [0.2, 0.25) is 0 Å². The Labute approximate surface area is 169 Å². The van der Waals surface area contributed by atoms with Gasteiger partial charge in [0.1, 0.15) is 12.4 Å². The van der Waals surface area contributed by atoms with E-state index in [9.17, 15) is 9.59 Å². The average molecular weight is 394 g/mol. The number of amides is 1. The highest BCUT2D eigenvalue weighted by molar-refractivity contribution is 6.11. The fourth-order valence-corrected chi connectivity index (χ4v) is 3.07. The van der Waals surface area contributed by atoms with Gasteiger partial charge in [-0.05, 0) is 36.8 Å². The highest BCUT2D eigenvalue weighted by Gasteiger charge is 2.16. The fourth-order valence-electron chi connectivity index (χ4n) is 3.07. The molecule has 0 spiro atoms. The number of aromatic nitrogens is 2. The molecule has 1 aromatic heterocycles. The van der Waals surface area contributed by atoms with Crippen molar-refractivity contribution >= 4 is 22.4 Å². The molecule has 0 fully saturated rings. The Morgan fingerprint density at radius 3 is 2.52 bits per heavy atom. The van der Waals surface area contributed by atoms with E-state index in [2.05, 4.69) is 17.3 Å². The van der Waals surface area contributed by atoms with Crippen LogP contribution in [0.4, 0.5) is 5.69 Å². The molecule has 152 valence electrons. The summed E-state index contributed by atoms with van der Waals surface area (Å²) < 4.78 is 6.84. The normalized spacial score (nSPS) is 10.8. The lowest BCUT2D eigenvalue weighted by Gasteiger charge is -2.12. The lowest BCUT2D eigenvalue weighted by molar-refractivity contribution is 0.102. The molecular formula is C22H26N4O3. The Morgan fingerprint density at radius 2 is 1.83 bits per heavy atom. The van der Waals surface area contributed by atoms with Gasteiger partial charge in [-0.1, -0.05) is 38.0 Å². The third-order valence-electron chi connectivity index (χ3n) is 4.56. The van der Waals surface area contributed by atoms with E-state index in [-0.39, 0.29) is 17.2 Å². The van der Waals surface area contributed by atoms with Gasteiger partial charge in [0.2, 0.25) is 0 Å². The van der Waals surface area contributed by atoms with Crippen LogP contribution in [0.5, 0.6) is 5.75 Å². The maximum absolute atomic E-state index is 12.9. The number of nitrogens with zero attached hydrogens (tertiary/aromatic N) is 2. The summed E-state index contributed by atoms with van der Waals surface area (Å²) in [5.41, 5.74) is 6.11. The van der Waals surface area contributed by atoms with Gasteiger partial charge >= 0.3 is 0 Å². The molecule has 0 saturated carbocycles. The van der Waals surface area contributed by atoms with Crippen LogP contribution in [0.3, 0.4) is 0 Å². The Hall–Kier alpha value is -3.19. The Bertz CT molecular complexity index is 1030. The average Bonchev–Trinajstić information content (AvgIpc) is 2.75. The van der Waals surface area contributed by atoms with E-state index in [0.29, 0.717) is 41.9 Å². The molecule has 0 aliphatic heterocycles. The Kier molecular flexibility index (Phi) is 6.97. The molecule has 0 saturated heterocycles. The number of anilines is 1. The van der Waals surface area contributed by atoms with Crippen molar-refractivity contribution < 1.29 is 9.53 Å². The van der Waals surface area contributed by atoms with Gasteiger partial charge in [-0.2, -0.15) is 5.10 Å². The third-order valence-corrected chi connectivity index (χ3v) is 4.56. The van der Waals surface area contributed by atoms with Crippen molar-refractivity contribution in [2.45, 2.75) is 32.7 Å². The summed E-state index contributed by atoms with van der Waals surface area (Å²) in [6.45, 7) is 3.46. The Balaban J connectivity index is 1.88. The third kappa shape index (κ3) is 5.00. The van der Waals surface area contributed by atoms with Crippen LogP contribution < -0.4 is 21.3 Å². The number of carbonyl (C=O) groups is 1. The van der Waals surface area contributed by atoms with Crippen LogP contribution in [-0.2, 0) is 6.54 Å². The first-order chi connectivity index (χ1) is 14.1. The molecule has 0 aliphatic rings. The molecule has 1 amide bonds. The highest BCUT2D eigenvalue weighted by atomic mass is 16.5. The number of nitrogens with one attached hydrogen (secondary N) is 1. The van der Waals surface area contributed by atoms with Gasteiger partial charge in [0.05, 0.1) is 5.39 Å². The summed E-state index contributed by atoms with van der Waals surface area (Å²) in [5, 5.41) is 8.27. The number of benzene rings is 2. The number of unbranched alkanes of at least 4 members (excludes halogenated alkanes) is 2. The number of fused-ring (bicyclic) bond motifs is 1. The lowest BCUT2D eigenvalue weighted by atomic mass is 10.1. The number of ether oxygens (including phenoxy) is 1. The predicted octanol–water partition coefficient (Wildman–Crippen LogP) is 3.18. The molecule has 2 aromatic carbocycles. The van der Waals surface area contributed by atoms with Crippen molar-refractivity contribution in [3.8, 4) is 5.75 Å². The monoisotopic (exact) mass is 394 g/mol. The van der Waals surface area contributed by atoms with Crippen molar-refractivity contribution in [2.75, 3.05) is 18.5 Å². The minimum Gasteiger partial charge on any atom is -0.492 e. The molecule has 29 heavy (non-hydrogen) atoms. The zero-order chi connectivity index (χ0) is 20.6. The summed E-state index contributed by atoms with van der Waals surface area (Å²) in [5.74, 6) is 0.322. The molecule has 0 bridgehead atoms. The van der Waals surface area contributed by atoms with Gasteiger partial charge in [0, 0.05) is 24.2 Å². The van der Waals surface area contributed by atoms with E-state index in [0.717, 1.165) is 19.3 Å². The second-order valence-electron chi connectivity index (χ2n) is 6.75. The molecule has 1 heterocycles. The van der Waals surface area contributed by atoms with Crippen LogP contribution in [0, 0.1) is 0 Å². The summed E-state index contributed by atoms with van der Waals surface area (Å²) in [6.07, 6.45) is 2.88. The molecule has 7 nitrogen and oxygen atoms in total. The number of nitrogens with two attached hydrogens (primary N) is 1. The second kappa shape index (κ2) is 9.84. The Morgan fingerprint density at radius 1 is 1.10 bits per heavy atom. The van der Waals surface area contributed by atoms with Gasteiger partial charge in [-0.15, -0.1) is 0 Å². The van der Waals surface area contributed by atoms with E-state index in [4.69, 9.17) is 10.5 Å². The molecule has 0 unspecified atom stereocenters. The van der Waals surface area contributed by atoms with Crippen LogP contribution in [0.25, 0.3) is 10.8 Å².